The van der Waals surface area contributed by atoms with Gasteiger partial charge >= 0.3 is 5.97 Å². The number of H-pyrrole nitrogens is 1. The second-order valence-corrected chi connectivity index (χ2v) is 7.66. The first kappa shape index (κ1) is 19.1. The average molecular weight is 412 g/mol. The molecule has 0 fully saturated rings. The first-order valence-corrected chi connectivity index (χ1v) is 10.0. The maximum absolute atomic E-state index is 11.2. The average Bonchev–Trinajstić information content (AvgIpc) is 3.34. The second-order valence-electron chi connectivity index (χ2n) is 6.60. The van der Waals surface area contributed by atoms with Crippen LogP contribution in [0.1, 0.15) is 24.8 Å². The SMILES string of the molecule is CCC(CCc1nc2c(Nc3cc4cn[nH]c4cc3OC)ncnc2s1)C(=O)O. The van der Waals surface area contributed by atoms with Crippen molar-refractivity contribution in [1.29, 1.82) is 0 Å². The monoisotopic (exact) mass is 412 g/mol. The normalized spacial score (nSPS) is 12.3. The zero-order valence-corrected chi connectivity index (χ0v) is 16.8. The fraction of sp³-hybridized carbons (Fsp3) is 0.316. The minimum Gasteiger partial charge on any atom is -0.494 e. The summed E-state index contributed by atoms with van der Waals surface area (Å²) in [6, 6.07) is 3.80. The van der Waals surface area contributed by atoms with E-state index < -0.39 is 5.97 Å². The van der Waals surface area contributed by atoms with Crippen LogP contribution in [0.4, 0.5) is 11.5 Å². The van der Waals surface area contributed by atoms with Gasteiger partial charge in [0, 0.05) is 17.9 Å². The summed E-state index contributed by atoms with van der Waals surface area (Å²) >= 11 is 1.46. The number of nitrogens with one attached hydrogen (secondary N) is 2. The molecule has 0 spiro atoms. The molecule has 0 saturated heterocycles. The summed E-state index contributed by atoms with van der Waals surface area (Å²) in [7, 11) is 1.60. The third-order valence-corrected chi connectivity index (χ3v) is 5.82. The molecule has 4 aromatic rings. The molecule has 9 nitrogen and oxygen atoms in total. The predicted octanol–water partition coefficient (Wildman–Crippen LogP) is 3.76. The fourth-order valence-electron chi connectivity index (χ4n) is 3.16. The van der Waals surface area contributed by atoms with E-state index in [1.807, 2.05) is 19.1 Å². The van der Waals surface area contributed by atoms with Crippen LogP contribution in [0.2, 0.25) is 0 Å². The third kappa shape index (κ3) is 3.83. The van der Waals surface area contributed by atoms with Gasteiger partial charge in [-0.3, -0.25) is 9.89 Å². The number of benzene rings is 1. The van der Waals surface area contributed by atoms with Crippen molar-refractivity contribution in [1.82, 2.24) is 25.1 Å². The molecule has 0 radical (unpaired) electrons. The Morgan fingerprint density at radius 3 is 3.00 bits per heavy atom. The molecule has 0 aliphatic heterocycles. The topological polar surface area (TPSA) is 126 Å². The molecule has 3 aromatic heterocycles. The lowest BCUT2D eigenvalue weighted by Crippen LogP contribution is -2.13. The Hall–Kier alpha value is -3.27. The standard InChI is InChI=1S/C19H20N6O3S/c1-3-10(19(26)27)4-5-15-24-16-17(20-9-21-18(16)29-15)23-13-6-11-8-22-25-12(11)7-14(13)28-2/h6-10H,3-5H2,1-2H3,(H,22,25)(H,26,27)(H,20,21,23). The van der Waals surface area contributed by atoms with Crippen LogP contribution >= 0.6 is 11.3 Å². The number of aliphatic carboxylic acids is 1. The van der Waals surface area contributed by atoms with Gasteiger partial charge in [-0.1, -0.05) is 18.3 Å². The van der Waals surface area contributed by atoms with Crippen LogP contribution in [-0.4, -0.2) is 43.3 Å². The fourth-order valence-corrected chi connectivity index (χ4v) is 4.08. The molecular formula is C19H20N6O3S. The molecule has 3 heterocycles. The second kappa shape index (κ2) is 8.00. The summed E-state index contributed by atoms with van der Waals surface area (Å²) < 4.78 is 5.48. The van der Waals surface area contributed by atoms with E-state index in [-0.39, 0.29) is 5.92 Å². The van der Waals surface area contributed by atoms with Gasteiger partial charge in [0.15, 0.2) is 5.82 Å². The number of aromatic amines is 1. The van der Waals surface area contributed by atoms with Gasteiger partial charge in [-0.15, -0.1) is 0 Å². The highest BCUT2D eigenvalue weighted by Gasteiger charge is 2.18. The van der Waals surface area contributed by atoms with E-state index >= 15 is 0 Å². The quantitative estimate of drug-likeness (QED) is 0.399. The van der Waals surface area contributed by atoms with Crippen molar-refractivity contribution in [2.75, 3.05) is 12.4 Å². The Labute approximate surface area is 170 Å². The lowest BCUT2D eigenvalue weighted by Gasteiger charge is -2.11. The maximum atomic E-state index is 11.2. The van der Waals surface area contributed by atoms with Gasteiger partial charge in [0.2, 0.25) is 0 Å². The van der Waals surface area contributed by atoms with Crippen molar-refractivity contribution in [2.45, 2.75) is 26.2 Å². The summed E-state index contributed by atoms with van der Waals surface area (Å²) in [4.78, 5) is 25.3. The summed E-state index contributed by atoms with van der Waals surface area (Å²) in [5, 5.41) is 21.3. The highest BCUT2D eigenvalue weighted by atomic mass is 32.1. The van der Waals surface area contributed by atoms with E-state index in [0.29, 0.717) is 36.3 Å². The van der Waals surface area contributed by atoms with Gasteiger partial charge in [0.1, 0.15) is 22.4 Å². The summed E-state index contributed by atoms with van der Waals surface area (Å²) in [5.74, 6) is 0.0919. The number of fused-ring (bicyclic) bond motifs is 2. The van der Waals surface area contributed by atoms with Crippen LogP contribution in [0.3, 0.4) is 0 Å². The van der Waals surface area contributed by atoms with E-state index in [1.54, 1.807) is 13.3 Å². The number of rotatable bonds is 8. The zero-order chi connectivity index (χ0) is 20.4. The van der Waals surface area contributed by atoms with Crippen LogP contribution in [0.5, 0.6) is 5.75 Å². The predicted molar refractivity (Wildman–Crippen MR) is 111 cm³/mol. The number of carboxylic acids is 1. The van der Waals surface area contributed by atoms with Crippen molar-refractivity contribution in [3.8, 4) is 5.75 Å². The minimum absolute atomic E-state index is 0.364. The molecule has 0 aliphatic carbocycles. The highest BCUT2D eigenvalue weighted by molar-refractivity contribution is 7.18. The van der Waals surface area contributed by atoms with Crippen LogP contribution < -0.4 is 10.1 Å². The number of hydrogen-bond acceptors (Lipinski definition) is 8. The molecule has 1 aromatic carbocycles. The number of methoxy groups -OCH3 is 1. The molecule has 0 amide bonds. The number of carbonyl (C=O) groups is 1. The van der Waals surface area contributed by atoms with E-state index in [9.17, 15) is 9.90 Å². The number of thiazole rings is 1. The van der Waals surface area contributed by atoms with E-state index in [4.69, 9.17) is 4.74 Å². The number of aryl methyl sites for hydroxylation is 1. The molecule has 4 rings (SSSR count). The lowest BCUT2D eigenvalue weighted by molar-refractivity contribution is -0.142. The van der Waals surface area contributed by atoms with Crippen molar-refractivity contribution in [3.63, 3.8) is 0 Å². The van der Waals surface area contributed by atoms with E-state index in [0.717, 1.165) is 26.4 Å². The van der Waals surface area contributed by atoms with Crippen molar-refractivity contribution in [3.05, 3.63) is 29.7 Å². The first-order chi connectivity index (χ1) is 14.1. The minimum atomic E-state index is -0.766. The number of nitrogens with zero attached hydrogens (tertiary/aromatic N) is 4. The first-order valence-electron chi connectivity index (χ1n) is 9.20. The number of hydrogen-bond donors (Lipinski definition) is 3. The van der Waals surface area contributed by atoms with Crippen molar-refractivity contribution in [2.24, 2.45) is 5.92 Å². The summed E-state index contributed by atoms with van der Waals surface area (Å²) in [5.41, 5.74) is 2.28. The van der Waals surface area contributed by atoms with Crippen molar-refractivity contribution < 1.29 is 14.6 Å². The van der Waals surface area contributed by atoms with Crippen LogP contribution in [0.25, 0.3) is 21.3 Å². The van der Waals surface area contributed by atoms with E-state index in [2.05, 4.69) is 30.5 Å². The Balaban J connectivity index is 1.63. The maximum Gasteiger partial charge on any atom is 0.306 e. The third-order valence-electron chi connectivity index (χ3n) is 4.80. The zero-order valence-electron chi connectivity index (χ0n) is 16.0. The molecule has 1 unspecified atom stereocenters. The van der Waals surface area contributed by atoms with Crippen molar-refractivity contribution >= 4 is 50.1 Å². The molecule has 3 N–H and O–H groups in total. The lowest BCUT2D eigenvalue weighted by atomic mass is 10.0. The van der Waals surface area contributed by atoms with Gasteiger partial charge in [-0.2, -0.15) is 5.10 Å². The molecule has 0 saturated carbocycles. The number of ether oxygens (including phenoxy) is 1. The molecular weight excluding hydrogens is 392 g/mol. The number of aromatic nitrogens is 5. The Kier molecular flexibility index (Phi) is 5.26. The highest BCUT2D eigenvalue weighted by Crippen LogP contribution is 2.34. The Morgan fingerprint density at radius 1 is 1.38 bits per heavy atom. The Morgan fingerprint density at radius 2 is 2.24 bits per heavy atom. The number of carboxylic acid groups (broad SMARTS) is 1. The van der Waals surface area contributed by atoms with Gasteiger partial charge in [0.05, 0.1) is 35.4 Å². The number of anilines is 2. The van der Waals surface area contributed by atoms with Crippen LogP contribution in [0.15, 0.2) is 24.7 Å². The molecule has 150 valence electrons. The van der Waals surface area contributed by atoms with Gasteiger partial charge in [0.25, 0.3) is 0 Å². The molecule has 0 aliphatic rings. The largest absolute Gasteiger partial charge is 0.494 e. The van der Waals surface area contributed by atoms with Gasteiger partial charge in [-0.25, -0.2) is 15.0 Å². The van der Waals surface area contributed by atoms with Gasteiger partial charge in [-0.05, 0) is 18.9 Å². The van der Waals surface area contributed by atoms with E-state index in [1.165, 1.54) is 17.7 Å². The molecule has 29 heavy (non-hydrogen) atoms. The molecule has 10 heteroatoms. The summed E-state index contributed by atoms with van der Waals surface area (Å²) in [6.45, 7) is 1.88. The Bertz CT molecular complexity index is 1170. The van der Waals surface area contributed by atoms with Crippen LogP contribution in [0, 0.1) is 5.92 Å². The smallest absolute Gasteiger partial charge is 0.306 e. The summed E-state index contributed by atoms with van der Waals surface area (Å²) in [6.07, 6.45) is 4.97. The van der Waals surface area contributed by atoms with Gasteiger partial charge < -0.3 is 15.2 Å². The molecule has 1 atom stereocenters. The molecule has 0 bridgehead atoms. The van der Waals surface area contributed by atoms with Crippen LogP contribution in [-0.2, 0) is 11.2 Å².